The largest absolute Gasteiger partial charge is 0.328 e. The zero-order valence-corrected chi connectivity index (χ0v) is 13.2. The highest BCUT2D eigenvalue weighted by Crippen LogP contribution is 2.33. The van der Waals surface area contributed by atoms with Crippen LogP contribution in [0.25, 0.3) is 0 Å². The van der Waals surface area contributed by atoms with Crippen molar-refractivity contribution in [3.8, 4) is 0 Å². The molecule has 2 atom stereocenters. The monoisotopic (exact) mass is 333 g/mol. The van der Waals surface area contributed by atoms with E-state index in [1.165, 1.54) is 4.90 Å². The molecule has 4 amide bonds. The van der Waals surface area contributed by atoms with Gasteiger partial charge in [-0.3, -0.25) is 9.59 Å². The van der Waals surface area contributed by atoms with Gasteiger partial charge in [-0.1, -0.05) is 17.7 Å². The number of nitrogens with zero attached hydrogens (tertiary/aromatic N) is 3. The van der Waals surface area contributed by atoms with Crippen molar-refractivity contribution in [1.29, 1.82) is 0 Å². The molecule has 3 aliphatic rings. The van der Waals surface area contributed by atoms with E-state index in [1.807, 2.05) is 0 Å². The Morgan fingerprint density at radius 3 is 2.57 bits per heavy atom. The zero-order chi connectivity index (χ0) is 16.1. The SMILES string of the molecule is O=C1[C@H](N2C(=O)[C@H]3CCCN3C2=O)CCN1c1cccc(Cl)c1. The van der Waals surface area contributed by atoms with Crippen LogP contribution in [-0.2, 0) is 9.59 Å². The van der Waals surface area contributed by atoms with E-state index < -0.39 is 6.04 Å². The molecular weight excluding hydrogens is 318 g/mol. The minimum absolute atomic E-state index is 0.213. The Morgan fingerprint density at radius 1 is 1.00 bits per heavy atom. The summed E-state index contributed by atoms with van der Waals surface area (Å²) in [6, 6.07) is 5.66. The Morgan fingerprint density at radius 2 is 1.83 bits per heavy atom. The predicted molar refractivity (Wildman–Crippen MR) is 84.2 cm³/mol. The van der Waals surface area contributed by atoms with E-state index in [9.17, 15) is 14.4 Å². The molecular formula is C16H16ClN3O3. The van der Waals surface area contributed by atoms with Crippen LogP contribution < -0.4 is 4.90 Å². The average molecular weight is 334 g/mol. The maximum absolute atomic E-state index is 12.7. The molecule has 0 aliphatic carbocycles. The van der Waals surface area contributed by atoms with Crippen molar-refractivity contribution in [2.75, 3.05) is 18.0 Å². The minimum Gasteiger partial charge on any atom is -0.312 e. The number of amides is 4. The van der Waals surface area contributed by atoms with Crippen LogP contribution in [0.4, 0.5) is 10.5 Å². The van der Waals surface area contributed by atoms with Crippen molar-refractivity contribution in [2.24, 2.45) is 0 Å². The normalized spacial score (nSPS) is 27.3. The molecule has 1 aromatic rings. The molecule has 3 fully saturated rings. The minimum atomic E-state index is -0.695. The smallest absolute Gasteiger partial charge is 0.312 e. The molecule has 4 rings (SSSR count). The van der Waals surface area contributed by atoms with Crippen LogP contribution in [0.15, 0.2) is 24.3 Å². The summed E-state index contributed by atoms with van der Waals surface area (Å²) in [5, 5.41) is 0.549. The number of benzene rings is 1. The number of urea groups is 1. The Kier molecular flexibility index (Phi) is 3.30. The van der Waals surface area contributed by atoms with Crippen LogP contribution in [0, 0.1) is 0 Å². The molecule has 0 bridgehead atoms. The van der Waals surface area contributed by atoms with Crippen molar-refractivity contribution in [3.05, 3.63) is 29.3 Å². The highest BCUT2D eigenvalue weighted by Gasteiger charge is 2.53. The Bertz CT molecular complexity index is 686. The second-order valence-electron chi connectivity index (χ2n) is 6.12. The lowest BCUT2D eigenvalue weighted by Gasteiger charge is -2.22. The van der Waals surface area contributed by atoms with Gasteiger partial charge in [-0.2, -0.15) is 0 Å². The average Bonchev–Trinajstić information content (AvgIpc) is 3.19. The van der Waals surface area contributed by atoms with Gasteiger partial charge in [-0.15, -0.1) is 0 Å². The standard InChI is InChI=1S/C16H16ClN3O3/c17-10-3-1-4-11(9-10)18-8-6-13(14(18)21)20-15(22)12-5-2-7-19(12)16(20)23/h1,3-4,9,12-13H,2,5-8H2/t12-,13-/m1/s1. The van der Waals surface area contributed by atoms with Gasteiger partial charge >= 0.3 is 6.03 Å². The van der Waals surface area contributed by atoms with Crippen molar-refractivity contribution in [3.63, 3.8) is 0 Å². The summed E-state index contributed by atoms with van der Waals surface area (Å²) in [5.74, 6) is -0.436. The second-order valence-corrected chi connectivity index (χ2v) is 6.55. The van der Waals surface area contributed by atoms with Crippen LogP contribution in [0.3, 0.4) is 0 Å². The van der Waals surface area contributed by atoms with E-state index in [1.54, 1.807) is 34.1 Å². The van der Waals surface area contributed by atoms with Gasteiger partial charge in [0.15, 0.2) is 0 Å². The van der Waals surface area contributed by atoms with Gasteiger partial charge in [0.2, 0.25) is 5.91 Å². The molecule has 0 N–H and O–H groups in total. The van der Waals surface area contributed by atoms with E-state index >= 15 is 0 Å². The third-order valence-electron chi connectivity index (χ3n) is 4.84. The Hall–Kier alpha value is -2.08. The van der Waals surface area contributed by atoms with Crippen molar-refractivity contribution in [1.82, 2.24) is 9.80 Å². The number of fused-ring (bicyclic) bond motifs is 1. The molecule has 3 aliphatic heterocycles. The van der Waals surface area contributed by atoms with Gasteiger partial charge < -0.3 is 9.80 Å². The van der Waals surface area contributed by atoms with Crippen LogP contribution in [-0.4, -0.2) is 52.8 Å². The third kappa shape index (κ3) is 2.12. The van der Waals surface area contributed by atoms with E-state index in [-0.39, 0.29) is 23.9 Å². The maximum atomic E-state index is 12.7. The molecule has 3 saturated heterocycles. The topological polar surface area (TPSA) is 60.9 Å². The highest BCUT2D eigenvalue weighted by molar-refractivity contribution is 6.31. The Balaban J connectivity index is 1.59. The highest BCUT2D eigenvalue weighted by atomic mass is 35.5. The lowest BCUT2D eigenvalue weighted by atomic mass is 10.1. The molecule has 1 aromatic carbocycles. The van der Waals surface area contributed by atoms with Gasteiger partial charge in [0, 0.05) is 23.8 Å². The number of rotatable bonds is 2. The van der Waals surface area contributed by atoms with Crippen molar-refractivity contribution in [2.45, 2.75) is 31.3 Å². The van der Waals surface area contributed by atoms with E-state index in [0.717, 1.165) is 6.42 Å². The summed E-state index contributed by atoms with van der Waals surface area (Å²) in [5.41, 5.74) is 0.699. The molecule has 0 spiro atoms. The number of anilines is 1. The second kappa shape index (κ2) is 5.23. The van der Waals surface area contributed by atoms with Crippen LogP contribution in [0.2, 0.25) is 5.02 Å². The summed E-state index contributed by atoms with van der Waals surface area (Å²) in [4.78, 5) is 42.1. The quantitative estimate of drug-likeness (QED) is 0.776. The number of carbonyl (C=O) groups is 3. The summed E-state index contributed by atoms with van der Waals surface area (Å²) >= 11 is 5.98. The summed E-state index contributed by atoms with van der Waals surface area (Å²) in [6.45, 7) is 1.08. The fourth-order valence-electron chi connectivity index (χ4n) is 3.74. The molecule has 23 heavy (non-hydrogen) atoms. The summed E-state index contributed by atoms with van der Waals surface area (Å²) < 4.78 is 0. The first-order valence-electron chi connectivity index (χ1n) is 7.78. The number of imide groups is 1. The lowest BCUT2D eigenvalue weighted by molar-refractivity contribution is -0.133. The molecule has 0 saturated carbocycles. The maximum Gasteiger partial charge on any atom is 0.328 e. The van der Waals surface area contributed by atoms with Gasteiger partial charge in [-0.05, 0) is 37.5 Å². The van der Waals surface area contributed by atoms with Crippen LogP contribution in [0.1, 0.15) is 19.3 Å². The molecule has 0 radical (unpaired) electrons. The number of hydrogen-bond acceptors (Lipinski definition) is 3. The summed E-state index contributed by atoms with van der Waals surface area (Å²) in [7, 11) is 0. The Labute approximate surface area is 138 Å². The lowest BCUT2D eigenvalue weighted by Crippen LogP contribution is -2.46. The van der Waals surface area contributed by atoms with Gasteiger partial charge in [0.05, 0.1) is 0 Å². The van der Waals surface area contributed by atoms with Crippen molar-refractivity contribution >= 4 is 35.1 Å². The van der Waals surface area contributed by atoms with Gasteiger partial charge in [0.1, 0.15) is 12.1 Å². The fraction of sp³-hybridized carbons (Fsp3) is 0.438. The van der Waals surface area contributed by atoms with Gasteiger partial charge in [-0.25, -0.2) is 9.69 Å². The predicted octanol–water partition coefficient (Wildman–Crippen LogP) is 1.87. The number of carbonyl (C=O) groups excluding carboxylic acids is 3. The number of hydrogen-bond donors (Lipinski definition) is 0. The molecule has 120 valence electrons. The molecule has 6 nitrogen and oxygen atoms in total. The van der Waals surface area contributed by atoms with Crippen LogP contribution in [0.5, 0.6) is 0 Å². The van der Waals surface area contributed by atoms with E-state index in [4.69, 9.17) is 11.6 Å². The zero-order valence-electron chi connectivity index (χ0n) is 12.4. The number of halogens is 1. The van der Waals surface area contributed by atoms with Crippen LogP contribution >= 0.6 is 11.6 Å². The first-order chi connectivity index (χ1) is 11.1. The fourth-order valence-corrected chi connectivity index (χ4v) is 3.92. The third-order valence-corrected chi connectivity index (χ3v) is 5.07. The first kappa shape index (κ1) is 14.5. The van der Waals surface area contributed by atoms with E-state index in [0.29, 0.717) is 36.6 Å². The molecule has 0 aromatic heterocycles. The molecule has 7 heteroatoms. The first-order valence-corrected chi connectivity index (χ1v) is 8.16. The van der Waals surface area contributed by atoms with Gasteiger partial charge in [0.25, 0.3) is 5.91 Å². The molecule has 3 heterocycles. The van der Waals surface area contributed by atoms with Crippen molar-refractivity contribution < 1.29 is 14.4 Å². The molecule has 0 unspecified atom stereocenters. The van der Waals surface area contributed by atoms with E-state index in [2.05, 4.69) is 0 Å². The summed E-state index contributed by atoms with van der Waals surface area (Å²) in [6.07, 6.45) is 2.01.